The lowest BCUT2D eigenvalue weighted by atomic mass is 9.91. The van der Waals surface area contributed by atoms with Crippen molar-refractivity contribution >= 4 is 15.9 Å². The number of nitrogens with zero attached hydrogens (tertiary/aromatic N) is 2. The van der Waals surface area contributed by atoms with E-state index in [1.165, 1.54) is 5.06 Å². The SMILES string of the molecule is O=C([C@H]1C[C@H]2OCC[C@H]2N(S(=O)(=O)C2CC2)C1)N1CCCCO1. The predicted octanol–water partition coefficient (Wildman–Crippen LogP) is 0.512. The quantitative estimate of drug-likeness (QED) is 0.746. The molecule has 3 heterocycles. The van der Waals surface area contributed by atoms with E-state index < -0.39 is 10.0 Å². The Morgan fingerprint density at radius 2 is 1.91 bits per heavy atom. The average Bonchev–Trinajstić information content (AvgIpc) is 3.33. The highest BCUT2D eigenvalue weighted by Crippen LogP contribution is 2.39. The maximum Gasteiger partial charge on any atom is 0.250 e. The molecule has 0 aromatic heterocycles. The summed E-state index contributed by atoms with van der Waals surface area (Å²) < 4.78 is 32.8. The summed E-state index contributed by atoms with van der Waals surface area (Å²) in [6.45, 7) is 2.01. The minimum Gasteiger partial charge on any atom is -0.376 e. The van der Waals surface area contributed by atoms with Crippen LogP contribution in [0.25, 0.3) is 0 Å². The van der Waals surface area contributed by atoms with E-state index in [9.17, 15) is 13.2 Å². The van der Waals surface area contributed by atoms with Crippen LogP contribution in [-0.4, -0.2) is 67.4 Å². The molecular formula is C15H24N2O5S. The second-order valence-electron chi connectivity index (χ2n) is 6.99. The molecule has 3 aliphatic heterocycles. The van der Waals surface area contributed by atoms with Crippen LogP contribution in [0, 0.1) is 5.92 Å². The van der Waals surface area contributed by atoms with Crippen LogP contribution in [0.2, 0.25) is 0 Å². The topological polar surface area (TPSA) is 76.2 Å². The second kappa shape index (κ2) is 5.98. The van der Waals surface area contributed by atoms with Crippen LogP contribution in [-0.2, 0) is 24.4 Å². The zero-order valence-corrected chi connectivity index (χ0v) is 14.0. The third-order valence-corrected chi connectivity index (χ3v) is 7.72. The lowest BCUT2D eigenvalue weighted by Gasteiger charge is -2.40. The Morgan fingerprint density at radius 3 is 2.61 bits per heavy atom. The number of hydrogen-bond acceptors (Lipinski definition) is 5. The first kappa shape index (κ1) is 15.8. The molecule has 0 aromatic carbocycles. The molecule has 0 aromatic rings. The van der Waals surface area contributed by atoms with E-state index in [2.05, 4.69) is 0 Å². The molecule has 23 heavy (non-hydrogen) atoms. The third kappa shape index (κ3) is 2.90. The molecule has 8 heteroatoms. The zero-order valence-electron chi connectivity index (χ0n) is 13.2. The highest BCUT2D eigenvalue weighted by atomic mass is 32.2. The van der Waals surface area contributed by atoms with Gasteiger partial charge in [0.05, 0.1) is 29.9 Å². The summed E-state index contributed by atoms with van der Waals surface area (Å²) in [5, 5.41) is 1.19. The first-order chi connectivity index (χ1) is 11.1. The second-order valence-corrected chi connectivity index (χ2v) is 9.16. The molecule has 0 spiro atoms. The largest absolute Gasteiger partial charge is 0.376 e. The molecule has 7 nitrogen and oxygen atoms in total. The summed E-state index contributed by atoms with van der Waals surface area (Å²) in [5.41, 5.74) is 0. The van der Waals surface area contributed by atoms with E-state index in [-0.39, 0.29) is 35.8 Å². The number of hydrogen-bond donors (Lipinski definition) is 0. The van der Waals surface area contributed by atoms with Gasteiger partial charge in [0.15, 0.2) is 0 Å². The molecule has 4 fully saturated rings. The average molecular weight is 344 g/mol. The fraction of sp³-hybridized carbons (Fsp3) is 0.933. The maximum atomic E-state index is 12.7. The molecule has 4 aliphatic rings. The Morgan fingerprint density at radius 1 is 1.09 bits per heavy atom. The third-order valence-electron chi connectivity index (χ3n) is 5.33. The molecular weight excluding hydrogens is 320 g/mol. The lowest BCUT2D eigenvalue weighted by Crippen LogP contribution is -2.56. The number of amides is 1. The summed E-state index contributed by atoms with van der Waals surface area (Å²) in [6.07, 6.45) is 4.56. The maximum absolute atomic E-state index is 12.7. The van der Waals surface area contributed by atoms with E-state index in [0.29, 0.717) is 26.2 Å². The van der Waals surface area contributed by atoms with Crippen LogP contribution in [0.15, 0.2) is 0 Å². The van der Waals surface area contributed by atoms with Gasteiger partial charge in [-0.05, 0) is 38.5 Å². The number of fused-ring (bicyclic) bond motifs is 1. The number of sulfonamides is 1. The summed E-state index contributed by atoms with van der Waals surface area (Å²) in [6, 6.07) is -0.0908. The molecule has 1 amide bonds. The Balaban J connectivity index is 1.53. The standard InChI is InChI=1S/C15H24N2O5S/c18-15(16-6-1-2-7-22-16)11-9-14-13(5-8-21-14)17(10-11)23(19,20)12-3-4-12/h11-14H,1-10H2/t11-,13+,14+/m0/s1. The molecule has 0 bridgehead atoms. The molecule has 4 rings (SSSR count). The number of rotatable bonds is 3. The highest BCUT2D eigenvalue weighted by Gasteiger charge is 2.51. The number of hydroxylamine groups is 2. The molecule has 0 N–H and O–H groups in total. The van der Waals surface area contributed by atoms with Crippen LogP contribution in [0.5, 0.6) is 0 Å². The van der Waals surface area contributed by atoms with Crippen LogP contribution in [0.3, 0.4) is 0 Å². The Labute approximate surface area is 136 Å². The van der Waals surface area contributed by atoms with Crippen molar-refractivity contribution in [3.05, 3.63) is 0 Å². The van der Waals surface area contributed by atoms with Gasteiger partial charge in [0.25, 0.3) is 5.91 Å². The van der Waals surface area contributed by atoms with Gasteiger partial charge in [0.1, 0.15) is 0 Å². The molecule has 3 atom stereocenters. The number of piperidine rings is 1. The van der Waals surface area contributed by atoms with Crippen molar-refractivity contribution in [3.63, 3.8) is 0 Å². The number of carbonyl (C=O) groups excluding carboxylic acids is 1. The van der Waals surface area contributed by atoms with Gasteiger partial charge in [-0.15, -0.1) is 0 Å². The Bertz CT molecular complexity index is 570. The van der Waals surface area contributed by atoms with Gasteiger partial charge in [-0.1, -0.05) is 0 Å². The van der Waals surface area contributed by atoms with Crippen molar-refractivity contribution in [1.29, 1.82) is 0 Å². The van der Waals surface area contributed by atoms with Crippen molar-refractivity contribution in [1.82, 2.24) is 9.37 Å². The molecule has 1 saturated carbocycles. The van der Waals surface area contributed by atoms with Crippen LogP contribution in [0.4, 0.5) is 0 Å². The van der Waals surface area contributed by atoms with E-state index in [1.807, 2.05) is 0 Å². The van der Waals surface area contributed by atoms with Crippen LogP contribution >= 0.6 is 0 Å². The van der Waals surface area contributed by atoms with Crippen molar-refractivity contribution < 1.29 is 22.8 Å². The Kier molecular flexibility index (Phi) is 4.11. The molecule has 1 aliphatic carbocycles. The molecule has 3 saturated heterocycles. The van der Waals surface area contributed by atoms with E-state index >= 15 is 0 Å². The van der Waals surface area contributed by atoms with Gasteiger partial charge < -0.3 is 4.74 Å². The van der Waals surface area contributed by atoms with Crippen molar-refractivity contribution in [3.8, 4) is 0 Å². The molecule has 0 radical (unpaired) electrons. The molecule has 130 valence electrons. The predicted molar refractivity (Wildman–Crippen MR) is 81.8 cm³/mol. The summed E-state index contributed by atoms with van der Waals surface area (Å²) in [5.74, 6) is -0.448. The number of carbonyl (C=O) groups is 1. The fourth-order valence-corrected chi connectivity index (χ4v) is 6.02. The van der Waals surface area contributed by atoms with Gasteiger partial charge >= 0.3 is 0 Å². The minimum absolute atomic E-state index is 0.0883. The van der Waals surface area contributed by atoms with Crippen molar-refractivity contribution in [2.75, 3.05) is 26.3 Å². The highest BCUT2D eigenvalue weighted by molar-refractivity contribution is 7.90. The van der Waals surface area contributed by atoms with E-state index in [0.717, 1.165) is 32.1 Å². The number of ether oxygens (including phenoxy) is 1. The zero-order chi connectivity index (χ0) is 16.0. The Hall–Kier alpha value is -0.700. The first-order valence-corrected chi connectivity index (χ1v) is 10.1. The van der Waals surface area contributed by atoms with Crippen molar-refractivity contribution in [2.45, 2.75) is 55.9 Å². The molecule has 0 unspecified atom stereocenters. The summed E-state index contributed by atoms with van der Waals surface area (Å²) >= 11 is 0. The summed E-state index contributed by atoms with van der Waals surface area (Å²) in [4.78, 5) is 18.2. The van der Waals surface area contributed by atoms with Gasteiger partial charge in [-0.2, -0.15) is 4.31 Å². The monoisotopic (exact) mass is 344 g/mol. The minimum atomic E-state index is -3.30. The van der Waals surface area contributed by atoms with Gasteiger partial charge in [-0.25, -0.2) is 13.5 Å². The smallest absolute Gasteiger partial charge is 0.250 e. The van der Waals surface area contributed by atoms with Gasteiger partial charge in [-0.3, -0.25) is 9.63 Å². The normalized spacial score (nSPS) is 36.0. The van der Waals surface area contributed by atoms with Crippen LogP contribution < -0.4 is 0 Å². The van der Waals surface area contributed by atoms with E-state index in [1.54, 1.807) is 4.31 Å². The van der Waals surface area contributed by atoms with Crippen LogP contribution in [0.1, 0.15) is 38.5 Å². The first-order valence-electron chi connectivity index (χ1n) is 8.64. The summed E-state index contributed by atoms with van der Waals surface area (Å²) in [7, 11) is -3.30. The van der Waals surface area contributed by atoms with Gasteiger partial charge in [0.2, 0.25) is 10.0 Å². The fourth-order valence-electron chi connectivity index (χ4n) is 3.90. The van der Waals surface area contributed by atoms with Gasteiger partial charge in [0, 0.05) is 19.7 Å². The van der Waals surface area contributed by atoms with E-state index in [4.69, 9.17) is 9.57 Å². The lowest BCUT2D eigenvalue weighted by molar-refractivity contribution is -0.203. The van der Waals surface area contributed by atoms with Crippen molar-refractivity contribution in [2.24, 2.45) is 5.92 Å².